The smallest absolute Gasteiger partial charge is 0.255 e. The van der Waals surface area contributed by atoms with E-state index in [1.807, 2.05) is 31.2 Å². The van der Waals surface area contributed by atoms with E-state index >= 15 is 0 Å². The van der Waals surface area contributed by atoms with Gasteiger partial charge in [-0.25, -0.2) is 8.42 Å². The molecule has 0 atom stereocenters. The number of sulfone groups is 1. The maximum atomic E-state index is 12.6. The van der Waals surface area contributed by atoms with Crippen LogP contribution in [0.5, 0.6) is 11.5 Å². The van der Waals surface area contributed by atoms with Crippen molar-refractivity contribution >= 4 is 21.4 Å². The number of benzene rings is 3. The molecule has 0 spiro atoms. The summed E-state index contributed by atoms with van der Waals surface area (Å²) in [7, 11) is -3.46. The summed E-state index contributed by atoms with van der Waals surface area (Å²) in [6.45, 7) is 3.90. The fourth-order valence-corrected chi connectivity index (χ4v) is 3.77. The average Bonchev–Trinajstić information content (AvgIpc) is 2.74. The van der Waals surface area contributed by atoms with Crippen LogP contribution in [0, 0.1) is 6.92 Å². The number of ether oxygens (including phenoxy) is 1. The maximum Gasteiger partial charge on any atom is 0.255 e. The summed E-state index contributed by atoms with van der Waals surface area (Å²) >= 11 is 0. The first kappa shape index (κ1) is 21.4. The third-order valence-electron chi connectivity index (χ3n) is 4.54. The van der Waals surface area contributed by atoms with Gasteiger partial charge in [-0.2, -0.15) is 0 Å². The van der Waals surface area contributed by atoms with Crippen LogP contribution in [-0.2, 0) is 16.4 Å². The molecule has 30 heavy (non-hydrogen) atoms. The molecular formula is C23H23NO5S. The van der Waals surface area contributed by atoms with Crippen LogP contribution in [-0.4, -0.2) is 25.2 Å². The van der Waals surface area contributed by atoms with Gasteiger partial charge in [0.15, 0.2) is 9.84 Å². The van der Waals surface area contributed by atoms with Crippen molar-refractivity contribution in [1.29, 1.82) is 0 Å². The van der Waals surface area contributed by atoms with Crippen LogP contribution in [0.25, 0.3) is 0 Å². The van der Waals surface area contributed by atoms with Crippen LogP contribution in [0.15, 0.2) is 71.6 Å². The largest absolute Gasteiger partial charge is 0.506 e. The third kappa shape index (κ3) is 5.18. The van der Waals surface area contributed by atoms with Gasteiger partial charge < -0.3 is 15.2 Å². The number of carbonyl (C=O) groups is 1. The Morgan fingerprint density at radius 1 is 1.03 bits per heavy atom. The van der Waals surface area contributed by atoms with Gasteiger partial charge in [0.1, 0.15) is 18.1 Å². The lowest BCUT2D eigenvalue weighted by Crippen LogP contribution is -2.13. The molecule has 3 aromatic carbocycles. The predicted octanol–water partition coefficient (Wildman–Crippen LogP) is 4.33. The van der Waals surface area contributed by atoms with Crippen LogP contribution >= 0.6 is 0 Å². The fourth-order valence-electron chi connectivity index (χ4n) is 2.87. The van der Waals surface area contributed by atoms with E-state index in [0.29, 0.717) is 17.9 Å². The SMILES string of the molecule is CCS(=O)(=O)c1ccc(O)c(NC(=O)c2cccc(OCc3cccc(C)c3)c2)c1. The Balaban J connectivity index is 1.75. The molecule has 156 valence electrons. The lowest BCUT2D eigenvalue weighted by molar-refractivity contribution is 0.102. The lowest BCUT2D eigenvalue weighted by Gasteiger charge is -2.11. The molecule has 0 aromatic heterocycles. The first-order valence-corrected chi connectivity index (χ1v) is 11.1. The maximum absolute atomic E-state index is 12.6. The van der Waals surface area contributed by atoms with Gasteiger partial charge in [0.2, 0.25) is 0 Å². The van der Waals surface area contributed by atoms with Gasteiger partial charge in [0.05, 0.1) is 16.3 Å². The van der Waals surface area contributed by atoms with Gasteiger partial charge >= 0.3 is 0 Å². The number of phenolic OH excluding ortho intramolecular Hbond substituents is 1. The molecule has 3 rings (SSSR count). The van der Waals surface area contributed by atoms with Crippen molar-refractivity contribution in [1.82, 2.24) is 0 Å². The van der Waals surface area contributed by atoms with Crippen molar-refractivity contribution in [2.75, 3.05) is 11.1 Å². The zero-order valence-corrected chi connectivity index (χ0v) is 17.6. The monoisotopic (exact) mass is 425 g/mol. The highest BCUT2D eigenvalue weighted by Gasteiger charge is 2.16. The molecule has 0 saturated carbocycles. The Kier molecular flexibility index (Phi) is 6.42. The number of nitrogens with one attached hydrogen (secondary N) is 1. The van der Waals surface area contributed by atoms with Crippen molar-refractivity contribution in [3.05, 3.63) is 83.4 Å². The van der Waals surface area contributed by atoms with E-state index in [4.69, 9.17) is 4.74 Å². The minimum Gasteiger partial charge on any atom is -0.506 e. The second-order valence-corrected chi connectivity index (χ2v) is 9.12. The molecule has 2 N–H and O–H groups in total. The van der Waals surface area contributed by atoms with Gasteiger partial charge in [-0.1, -0.05) is 42.8 Å². The fraction of sp³-hybridized carbons (Fsp3) is 0.174. The summed E-state index contributed by atoms with van der Waals surface area (Å²) in [5, 5.41) is 12.6. The molecule has 0 heterocycles. The summed E-state index contributed by atoms with van der Waals surface area (Å²) in [6, 6.07) is 18.4. The normalized spacial score (nSPS) is 11.1. The van der Waals surface area contributed by atoms with Crippen LogP contribution in [0.1, 0.15) is 28.4 Å². The minimum absolute atomic E-state index is 0.0283. The van der Waals surface area contributed by atoms with Gasteiger partial charge in [-0.15, -0.1) is 0 Å². The van der Waals surface area contributed by atoms with Crippen LogP contribution in [0.2, 0.25) is 0 Å². The Morgan fingerprint density at radius 2 is 1.80 bits per heavy atom. The first-order chi connectivity index (χ1) is 14.3. The molecule has 1 amide bonds. The van der Waals surface area contributed by atoms with Gasteiger partial charge in [-0.3, -0.25) is 4.79 Å². The van der Waals surface area contributed by atoms with Crippen LogP contribution in [0.3, 0.4) is 0 Å². The number of anilines is 1. The topological polar surface area (TPSA) is 92.7 Å². The van der Waals surface area contributed by atoms with Crippen molar-refractivity contribution in [2.45, 2.75) is 25.3 Å². The first-order valence-electron chi connectivity index (χ1n) is 9.44. The number of hydrogen-bond donors (Lipinski definition) is 2. The Morgan fingerprint density at radius 3 is 2.53 bits per heavy atom. The predicted molar refractivity (Wildman–Crippen MR) is 116 cm³/mol. The number of amides is 1. The molecular weight excluding hydrogens is 402 g/mol. The Bertz CT molecular complexity index is 1170. The molecule has 0 radical (unpaired) electrons. The van der Waals surface area contributed by atoms with E-state index in [-0.39, 0.29) is 22.1 Å². The van der Waals surface area contributed by atoms with E-state index < -0.39 is 15.7 Å². The number of carbonyl (C=O) groups excluding carboxylic acids is 1. The summed E-state index contributed by atoms with van der Waals surface area (Å²) in [4.78, 5) is 12.7. The van der Waals surface area contributed by atoms with Crippen LogP contribution < -0.4 is 10.1 Å². The highest BCUT2D eigenvalue weighted by molar-refractivity contribution is 7.91. The van der Waals surface area contributed by atoms with E-state index in [1.165, 1.54) is 25.1 Å². The van der Waals surface area contributed by atoms with Gasteiger partial charge in [-0.05, 0) is 48.9 Å². The van der Waals surface area contributed by atoms with Crippen LogP contribution in [0.4, 0.5) is 5.69 Å². The summed E-state index contributed by atoms with van der Waals surface area (Å²) < 4.78 is 29.9. The third-order valence-corrected chi connectivity index (χ3v) is 6.27. The lowest BCUT2D eigenvalue weighted by atomic mass is 10.1. The van der Waals surface area contributed by atoms with E-state index in [2.05, 4.69) is 5.32 Å². The molecule has 0 unspecified atom stereocenters. The molecule has 0 saturated heterocycles. The molecule has 0 aliphatic carbocycles. The molecule has 6 nitrogen and oxygen atoms in total. The van der Waals surface area contributed by atoms with E-state index in [1.54, 1.807) is 24.3 Å². The summed E-state index contributed by atoms with van der Waals surface area (Å²) in [6.07, 6.45) is 0. The summed E-state index contributed by atoms with van der Waals surface area (Å²) in [5.74, 6) is -0.260. The second kappa shape index (κ2) is 9.00. The van der Waals surface area contributed by atoms with Crippen molar-refractivity contribution in [3.8, 4) is 11.5 Å². The zero-order valence-electron chi connectivity index (χ0n) is 16.8. The van der Waals surface area contributed by atoms with Crippen molar-refractivity contribution in [2.24, 2.45) is 0 Å². The highest BCUT2D eigenvalue weighted by atomic mass is 32.2. The second-order valence-electron chi connectivity index (χ2n) is 6.84. The standard InChI is InChI=1S/C23H23NO5S/c1-3-30(27,28)20-10-11-22(25)21(14-20)24-23(26)18-8-5-9-19(13-18)29-15-17-7-4-6-16(2)12-17/h4-14,25H,3,15H2,1-2H3,(H,24,26). The molecule has 3 aromatic rings. The number of aromatic hydroxyl groups is 1. The number of phenols is 1. The zero-order chi connectivity index (χ0) is 21.7. The molecule has 0 fully saturated rings. The molecule has 0 bridgehead atoms. The Labute approximate surface area is 176 Å². The molecule has 0 aliphatic rings. The van der Waals surface area contributed by atoms with Gasteiger partial charge in [0, 0.05) is 5.56 Å². The Hall–Kier alpha value is -3.32. The van der Waals surface area contributed by atoms with Crippen molar-refractivity contribution in [3.63, 3.8) is 0 Å². The highest BCUT2D eigenvalue weighted by Crippen LogP contribution is 2.28. The number of hydrogen-bond acceptors (Lipinski definition) is 5. The van der Waals surface area contributed by atoms with E-state index in [9.17, 15) is 18.3 Å². The van der Waals surface area contributed by atoms with E-state index in [0.717, 1.165) is 11.1 Å². The number of rotatable bonds is 7. The van der Waals surface area contributed by atoms with Gasteiger partial charge in [0.25, 0.3) is 5.91 Å². The number of aryl methyl sites for hydroxylation is 1. The summed E-state index contributed by atoms with van der Waals surface area (Å²) in [5.41, 5.74) is 2.50. The minimum atomic E-state index is -3.46. The average molecular weight is 426 g/mol. The van der Waals surface area contributed by atoms with Crippen molar-refractivity contribution < 1.29 is 23.1 Å². The quantitative estimate of drug-likeness (QED) is 0.550. The molecule has 0 aliphatic heterocycles. The molecule has 7 heteroatoms.